The number of benzene rings is 1. The number of nitrogens with one attached hydrogen (secondary N) is 2. The van der Waals surface area contributed by atoms with Crippen LogP contribution in [0.2, 0.25) is 0 Å². The van der Waals surface area contributed by atoms with Crippen LogP contribution in [0.15, 0.2) is 18.2 Å². The number of carbonyl (C=O) groups excluding carboxylic acids is 2. The van der Waals surface area contributed by atoms with E-state index in [1.165, 1.54) is 0 Å². The lowest BCUT2D eigenvalue weighted by Gasteiger charge is -2.15. The normalized spacial score (nSPS) is 19.4. The Morgan fingerprint density at radius 3 is 3.05 bits per heavy atom. The number of rotatable bonds is 2. The van der Waals surface area contributed by atoms with Crippen LogP contribution in [0.4, 0.5) is 0 Å². The fourth-order valence-electron chi connectivity index (χ4n) is 2.24. The SMILES string of the molecule is O=C(NC1CCCCNC1=O)c1ccc2nsnc2c1. The number of aromatic nitrogens is 2. The van der Waals surface area contributed by atoms with Crippen LogP contribution in [0, 0.1) is 0 Å². The van der Waals surface area contributed by atoms with E-state index >= 15 is 0 Å². The van der Waals surface area contributed by atoms with Crippen molar-refractivity contribution < 1.29 is 9.59 Å². The molecule has 1 aromatic carbocycles. The third-order valence-corrected chi connectivity index (χ3v) is 3.91. The molecule has 0 aliphatic carbocycles. The van der Waals surface area contributed by atoms with E-state index < -0.39 is 6.04 Å². The van der Waals surface area contributed by atoms with E-state index in [-0.39, 0.29) is 11.8 Å². The second kappa shape index (κ2) is 5.54. The molecule has 1 aliphatic rings. The highest BCUT2D eigenvalue weighted by Gasteiger charge is 2.23. The van der Waals surface area contributed by atoms with Crippen molar-refractivity contribution in [3.8, 4) is 0 Å². The number of fused-ring (bicyclic) bond motifs is 1. The van der Waals surface area contributed by atoms with Crippen LogP contribution in [0.3, 0.4) is 0 Å². The Kier molecular flexibility index (Phi) is 3.60. The van der Waals surface area contributed by atoms with Gasteiger partial charge >= 0.3 is 0 Å². The van der Waals surface area contributed by atoms with Crippen molar-refractivity contribution in [2.75, 3.05) is 6.54 Å². The molecule has 2 amide bonds. The minimum absolute atomic E-state index is 0.104. The van der Waals surface area contributed by atoms with E-state index in [9.17, 15) is 9.59 Å². The molecule has 20 heavy (non-hydrogen) atoms. The zero-order valence-electron chi connectivity index (χ0n) is 10.8. The first-order valence-corrected chi connectivity index (χ1v) is 7.28. The summed E-state index contributed by atoms with van der Waals surface area (Å²) in [4.78, 5) is 24.0. The van der Waals surface area contributed by atoms with Crippen molar-refractivity contribution in [2.24, 2.45) is 0 Å². The fourth-order valence-corrected chi connectivity index (χ4v) is 2.76. The Hall–Kier alpha value is -2.02. The minimum Gasteiger partial charge on any atom is -0.354 e. The van der Waals surface area contributed by atoms with Crippen LogP contribution in [-0.4, -0.2) is 33.1 Å². The highest BCUT2D eigenvalue weighted by Crippen LogP contribution is 2.14. The van der Waals surface area contributed by atoms with Gasteiger partial charge in [-0.25, -0.2) is 0 Å². The van der Waals surface area contributed by atoms with Crippen LogP contribution < -0.4 is 10.6 Å². The Labute approximate surface area is 119 Å². The summed E-state index contributed by atoms with van der Waals surface area (Å²) in [5, 5.41) is 5.59. The maximum Gasteiger partial charge on any atom is 0.252 e. The van der Waals surface area contributed by atoms with Crippen molar-refractivity contribution in [3.63, 3.8) is 0 Å². The van der Waals surface area contributed by atoms with Crippen LogP contribution in [-0.2, 0) is 4.79 Å². The molecule has 1 aliphatic heterocycles. The summed E-state index contributed by atoms with van der Waals surface area (Å²) in [6.07, 6.45) is 2.56. The minimum atomic E-state index is -0.450. The molecule has 0 radical (unpaired) electrons. The van der Waals surface area contributed by atoms with Gasteiger partial charge in [-0.15, -0.1) is 0 Å². The molecule has 2 aromatic rings. The quantitative estimate of drug-likeness (QED) is 0.867. The molecule has 104 valence electrons. The maximum atomic E-state index is 12.2. The summed E-state index contributed by atoms with van der Waals surface area (Å²) in [5.41, 5.74) is 1.98. The summed E-state index contributed by atoms with van der Waals surface area (Å²) in [5.74, 6) is -0.353. The fraction of sp³-hybridized carbons (Fsp3) is 0.385. The summed E-state index contributed by atoms with van der Waals surface area (Å²) in [6, 6.07) is 4.71. The van der Waals surface area contributed by atoms with Crippen molar-refractivity contribution >= 4 is 34.6 Å². The van der Waals surface area contributed by atoms with E-state index in [2.05, 4.69) is 19.4 Å². The number of amides is 2. The summed E-state index contributed by atoms with van der Waals surface area (Å²) in [6.45, 7) is 0.682. The molecule has 1 unspecified atom stereocenters. The van der Waals surface area contributed by atoms with Gasteiger partial charge in [0, 0.05) is 12.1 Å². The number of hydrogen-bond donors (Lipinski definition) is 2. The molecule has 1 atom stereocenters. The molecule has 2 heterocycles. The van der Waals surface area contributed by atoms with E-state index in [1.807, 2.05) is 0 Å². The molecule has 1 fully saturated rings. The van der Waals surface area contributed by atoms with Gasteiger partial charge in [0.1, 0.15) is 17.1 Å². The Balaban J connectivity index is 1.76. The van der Waals surface area contributed by atoms with Crippen molar-refractivity contribution in [3.05, 3.63) is 23.8 Å². The zero-order valence-corrected chi connectivity index (χ0v) is 11.6. The Bertz CT molecular complexity index is 655. The molecule has 1 saturated heterocycles. The summed E-state index contributed by atoms with van der Waals surface area (Å²) < 4.78 is 8.20. The average Bonchev–Trinajstić information content (AvgIpc) is 2.83. The lowest BCUT2D eigenvalue weighted by Crippen LogP contribution is -2.45. The van der Waals surface area contributed by atoms with Gasteiger partial charge in [-0.3, -0.25) is 9.59 Å². The Morgan fingerprint density at radius 1 is 1.30 bits per heavy atom. The van der Waals surface area contributed by atoms with Crippen molar-refractivity contribution in [2.45, 2.75) is 25.3 Å². The zero-order chi connectivity index (χ0) is 13.9. The summed E-state index contributed by atoms with van der Waals surface area (Å²) >= 11 is 1.12. The molecule has 0 bridgehead atoms. The molecule has 0 saturated carbocycles. The molecule has 6 nitrogen and oxygen atoms in total. The first kappa shape index (κ1) is 13.0. The van der Waals surface area contributed by atoms with Gasteiger partial charge < -0.3 is 10.6 Å². The highest BCUT2D eigenvalue weighted by molar-refractivity contribution is 7.00. The van der Waals surface area contributed by atoms with Crippen LogP contribution in [0.5, 0.6) is 0 Å². The van der Waals surface area contributed by atoms with Crippen LogP contribution >= 0.6 is 11.7 Å². The van der Waals surface area contributed by atoms with Gasteiger partial charge in [-0.2, -0.15) is 8.75 Å². The van der Waals surface area contributed by atoms with E-state index in [4.69, 9.17) is 0 Å². The lowest BCUT2D eigenvalue weighted by molar-refractivity contribution is -0.122. The van der Waals surface area contributed by atoms with E-state index in [0.29, 0.717) is 24.0 Å². The Morgan fingerprint density at radius 2 is 2.15 bits per heavy atom. The third-order valence-electron chi connectivity index (χ3n) is 3.36. The maximum absolute atomic E-state index is 12.2. The van der Waals surface area contributed by atoms with Crippen molar-refractivity contribution in [1.29, 1.82) is 0 Å². The highest BCUT2D eigenvalue weighted by atomic mass is 32.1. The van der Waals surface area contributed by atoms with Gasteiger partial charge in [-0.05, 0) is 37.5 Å². The van der Waals surface area contributed by atoms with Crippen molar-refractivity contribution in [1.82, 2.24) is 19.4 Å². The van der Waals surface area contributed by atoms with Crippen LogP contribution in [0.1, 0.15) is 29.6 Å². The standard InChI is InChI=1S/C13H14N4O2S/c18-12(15-10-3-1-2-6-14-13(10)19)8-4-5-9-11(7-8)17-20-16-9/h4-5,7,10H,1-3,6H2,(H,14,19)(H,15,18). The average molecular weight is 290 g/mol. The monoisotopic (exact) mass is 290 g/mol. The van der Waals surface area contributed by atoms with E-state index in [1.54, 1.807) is 18.2 Å². The molecule has 1 aromatic heterocycles. The molecule has 0 spiro atoms. The second-order valence-corrected chi connectivity index (χ2v) is 5.31. The molecule has 2 N–H and O–H groups in total. The van der Waals surface area contributed by atoms with Gasteiger partial charge in [0.15, 0.2) is 0 Å². The predicted octanol–water partition coefficient (Wildman–Crippen LogP) is 1.09. The topological polar surface area (TPSA) is 84.0 Å². The van der Waals surface area contributed by atoms with Gasteiger partial charge in [0.05, 0.1) is 11.7 Å². The molecular weight excluding hydrogens is 276 g/mol. The molecule has 7 heteroatoms. The number of carbonyl (C=O) groups is 2. The van der Waals surface area contributed by atoms with Gasteiger partial charge in [0.2, 0.25) is 5.91 Å². The molecular formula is C13H14N4O2S. The lowest BCUT2D eigenvalue weighted by atomic mass is 10.1. The third kappa shape index (κ3) is 2.62. The number of hydrogen-bond acceptors (Lipinski definition) is 5. The second-order valence-electron chi connectivity index (χ2n) is 4.78. The largest absolute Gasteiger partial charge is 0.354 e. The first-order valence-electron chi connectivity index (χ1n) is 6.55. The van der Waals surface area contributed by atoms with Gasteiger partial charge in [0.25, 0.3) is 5.91 Å². The van der Waals surface area contributed by atoms with E-state index in [0.717, 1.165) is 30.1 Å². The van der Waals surface area contributed by atoms with Gasteiger partial charge in [-0.1, -0.05) is 0 Å². The number of nitrogens with zero attached hydrogens (tertiary/aromatic N) is 2. The smallest absolute Gasteiger partial charge is 0.252 e. The first-order chi connectivity index (χ1) is 9.74. The molecule has 3 rings (SSSR count). The van der Waals surface area contributed by atoms with Crippen LogP contribution in [0.25, 0.3) is 11.0 Å². The predicted molar refractivity (Wildman–Crippen MR) is 75.5 cm³/mol. The summed E-state index contributed by atoms with van der Waals surface area (Å²) in [7, 11) is 0.